The fourth-order valence-corrected chi connectivity index (χ4v) is 2.53. The maximum atomic E-state index is 6.13. The molecule has 0 radical (unpaired) electrons. The number of hydrogen-bond donors (Lipinski definition) is 0. The Morgan fingerprint density at radius 2 is 1.70 bits per heavy atom. The third kappa shape index (κ3) is 3.94. The summed E-state index contributed by atoms with van der Waals surface area (Å²) in [5.74, 6) is 1.01. The summed E-state index contributed by atoms with van der Waals surface area (Å²) in [7, 11) is 0. The van der Waals surface area contributed by atoms with Gasteiger partial charge in [-0.25, -0.2) is 0 Å². The molecule has 2 rings (SSSR count). The molecule has 1 aliphatic rings. The van der Waals surface area contributed by atoms with E-state index in [1.807, 2.05) is 18.2 Å². The van der Waals surface area contributed by atoms with E-state index >= 15 is 0 Å². The zero-order valence-electron chi connectivity index (χ0n) is 13.0. The fraction of sp³-hybridized carbons (Fsp3) is 0.556. The summed E-state index contributed by atoms with van der Waals surface area (Å²) in [6, 6.07) is 10.3. The highest BCUT2D eigenvalue weighted by Crippen LogP contribution is 2.29. The van der Waals surface area contributed by atoms with Crippen LogP contribution in [0.4, 0.5) is 0 Å². The standard InChI is InChI=1S/C18H26O2/c1-13(2)17-10-16(18(20-17)14(3)4)12-19-11-15-8-6-5-7-9-15/h5-10,13-14,17-18H,11-12H2,1-4H3/t17-,18+/m1/s1. The minimum Gasteiger partial charge on any atom is -0.372 e. The first-order chi connectivity index (χ1) is 9.58. The molecule has 0 unspecified atom stereocenters. The SMILES string of the molecule is CC(C)[C@@H]1O[C@@H](C(C)C)C=C1COCc1ccccc1. The van der Waals surface area contributed by atoms with Crippen molar-refractivity contribution in [2.45, 2.75) is 46.5 Å². The molecular formula is C18H26O2. The number of hydrogen-bond acceptors (Lipinski definition) is 2. The molecule has 0 bridgehead atoms. The molecule has 0 spiro atoms. The highest BCUT2D eigenvalue weighted by molar-refractivity contribution is 5.19. The molecule has 20 heavy (non-hydrogen) atoms. The zero-order valence-corrected chi connectivity index (χ0v) is 13.0. The minimum atomic E-state index is 0.207. The lowest BCUT2D eigenvalue weighted by atomic mass is 10.00. The Balaban J connectivity index is 1.90. The first-order valence-electron chi connectivity index (χ1n) is 7.55. The van der Waals surface area contributed by atoms with Crippen LogP contribution < -0.4 is 0 Å². The van der Waals surface area contributed by atoms with Crippen molar-refractivity contribution in [1.29, 1.82) is 0 Å². The molecule has 0 aliphatic carbocycles. The lowest BCUT2D eigenvalue weighted by Gasteiger charge is -2.21. The minimum absolute atomic E-state index is 0.207. The fourth-order valence-electron chi connectivity index (χ4n) is 2.53. The molecule has 110 valence electrons. The van der Waals surface area contributed by atoms with Gasteiger partial charge in [0.05, 0.1) is 25.4 Å². The molecule has 1 aromatic rings. The molecule has 1 heterocycles. The highest BCUT2D eigenvalue weighted by Gasteiger charge is 2.30. The predicted molar refractivity (Wildman–Crippen MR) is 82.5 cm³/mol. The average Bonchev–Trinajstić information content (AvgIpc) is 2.84. The second kappa shape index (κ2) is 7.05. The first-order valence-corrected chi connectivity index (χ1v) is 7.55. The number of rotatable bonds is 6. The quantitative estimate of drug-likeness (QED) is 0.723. The van der Waals surface area contributed by atoms with Gasteiger partial charge in [-0.1, -0.05) is 64.1 Å². The van der Waals surface area contributed by atoms with Gasteiger partial charge in [0.2, 0.25) is 0 Å². The first kappa shape index (κ1) is 15.3. The van der Waals surface area contributed by atoms with Gasteiger partial charge in [-0.3, -0.25) is 0 Å². The molecular weight excluding hydrogens is 248 g/mol. The summed E-state index contributed by atoms with van der Waals surface area (Å²) >= 11 is 0. The highest BCUT2D eigenvalue weighted by atomic mass is 16.5. The van der Waals surface area contributed by atoms with Crippen molar-refractivity contribution in [3.05, 3.63) is 47.5 Å². The molecule has 2 nitrogen and oxygen atoms in total. The van der Waals surface area contributed by atoms with Crippen molar-refractivity contribution >= 4 is 0 Å². The van der Waals surface area contributed by atoms with Gasteiger partial charge in [0, 0.05) is 0 Å². The van der Waals surface area contributed by atoms with Gasteiger partial charge < -0.3 is 9.47 Å². The van der Waals surface area contributed by atoms with E-state index in [9.17, 15) is 0 Å². The molecule has 2 atom stereocenters. The summed E-state index contributed by atoms with van der Waals surface area (Å²) in [6.45, 7) is 10.1. The largest absolute Gasteiger partial charge is 0.372 e. The van der Waals surface area contributed by atoms with E-state index < -0.39 is 0 Å². The van der Waals surface area contributed by atoms with Gasteiger partial charge in [-0.05, 0) is 23.0 Å². The second-order valence-electron chi connectivity index (χ2n) is 6.23. The molecule has 0 saturated heterocycles. The maximum Gasteiger partial charge on any atom is 0.0839 e. The molecule has 0 N–H and O–H groups in total. The van der Waals surface area contributed by atoms with E-state index in [1.54, 1.807) is 0 Å². The summed E-state index contributed by atoms with van der Waals surface area (Å²) < 4.78 is 12.0. The van der Waals surface area contributed by atoms with Crippen molar-refractivity contribution < 1.29 is 9.47 Å². The summed E-state index contributed by atoms with van der Waals surface area (Å²) in [5, 5.41) is 0. The maximum absolute atomic E-state index is 6.13. The van der Waals surface area contributed by atoms with Crippen molar-refractivity contribution in [2.75, 3.05) is 6.61 Å². The van der Waals surface area contributed by atoms with Crippen molar-refractivity contribution in [3.8, 4) is 0 Å². The van der Waals surface area contributed by atoms with Crippen LogP contribution in [0.25, 0.3) is 0 Å². The van der Waals surface area contributed by atoms with Crippen molar-refractivity contribution in [3.63, 3.8) is 0 Å². The Labute approximate surface area is 122 Å². The van der Waals surface area contributed by atoms with Crippen LogP contribution >= 0.6 is 0 Å². The topological polar surface area (TPSA) is 18.5 Å². The van der Waals surface area contributed by atoms with Gasteiger partial charge in [0.15, 0.2) is 0 Å². The third-order valence-electron chi connectivity index (χ3n) is 3.69. The van der Waals surface area contributed by atoms with Crippen LogP contribution in [0.5, 0.6) is 0 Å². The average molecular weight is 274 g/mol. The van der Waals surface area contributed by atoms with Crippen molar-refractivity contribution in [2.24, 2.45) is 11.8 Å². The summed E-state index contributed by atoms with van der Waals surface area (Å²) in [4.78, 5) is 0. The predicted octanol–water partition coefficient (Wildman–Crippen LogP) is 4.21. The smallest absolute Gasteiger partial charge is 0.0839 e. The molecule has 0 saturated carbocycles. The van der Waals surface area contributed by atoms with Gasteiger partial charge in [-0.15, -0.1) is 0 Å². The molecule has 2 heteroatoms. The van der Waals surface area contributed by atoms with Crippen LogP contribution in [-0.4, -0.2) is 18.8 Å². The van der Waals surface area contributed by atoms with E-state index in [1.165, 1.54) is 11.1 Å². The van der Waals surface area contributed by atoms with Crippen LogP contribution in [-0.2, 0) is 16.1 Å². The van der Waals surface area contributed by atoms with E-state index in [2.05, 4.69) is 45.9 Å². The lowest BCUT2D eigenvalue weighted by Crippen LogP contribution is -2.24. The summed E-state index contributed by atoms with van der Waals surface area (Å²) in [6.07, 6.45) is 2.70. The van der Waals surface area contributed by atoms with Gasteiger partial charge in [-0.2, -0.15) is 0 Å². The van der Waals surface area contributed by atoms with Crippen LogP contribution in [0.3, 0.4) is 0 Å². The molecule has 1 aliphatic heterocycles. The Morgan fingerprint density at radius 1 is 1.00 bits per heavy atom. The van der Waals surface area contributed by atoms with Gasteiger partial charge in [0.25, 0.3) is 0 Å². The van der Waals surface area contributed by atoms with Crippen molar-refractivity contribution in [1.82, 2.24) is 0 Å². The number of ether oxygens (including phenoxy) is 2. The number of benzene rings is 1. The van der Waals surface area contributed by atoms with Crippen LogP contribution in [0.2, 0.25) is 0 Å². The van der Waals surface area contributed by atoms with E-state index in [4.69, 9.17) is 9.47 Å². The molecule has 1 aromatic carbocycles. The lowest BCUT2D eigenvalue weighted by molar-refractivity contribution is 0.00213. The van der Waals surface area contributed by atoms with Crippen LogP contribution in [0, 0.1) is 11.8 Å². The summed E-state index contributed by atoms with van der Waals surface area (Å²) in [5.41, 5.74) is 2.52. The molecule has 0 fully saturated rings. The zero-order chi connectivity index (χ0) is 14.5. The van der Waals surface area contributed by atoms with E-state index in [0.717, 1.165) is 0 Å². The van der Waals surface area contributed by atoms with Crippen LogP contribution in [0.15, 0.2) is 42.0 Å². The Morgan fingerprint density at radius 3 is 2.30 bits per heavy atom. The normalized spacial score (nSPS) is 22.6. The van der Waals surface area contributed by atoms with Gasteiger partial charge in [0.1, 0.15) is 0 Å². The Hall–Kier alpha value is -1.12. The van der Waals surface area contributed by atoms with E-state index in [0.29, 0.717) is 25.0 Å². The van der Waals surface area contributed by atoms with Gasteiger partial charge >= 0.3 is 0 Å². The second-order valence-corrected chi connectivity index (χ2v) is 6.23. The monoisotopic (exact) mass is 274 g/mol. The third-order valence-corrected chi connectivity index (χ3v) is 3.69. The molecule has 0 amide bonds. The Kier molecular flexibility index (Phi) is 5.38. The van der Waals surface area contributed by atoms with E-state index in [-0.39, 0.29) is 12.2 Å². The molecule has 0 aromatic heterocycles. The Bertz CT molecular complexity index is 434. The van der Waals surface area contributed by atoms with Crippen LogP contribution in [0.1, 0.15) is 33.3 Å².